The van der Waals surface area contributed by atoms with Gasteiger partial charge in [-0.2, -0.15) is 0 Å². The Morgan fingerprint density at radius 2 is 1.79 bits per heavy atom. The highest BCUT2D eigenvalue weighted by Crippen LogP contribution is 2.35. The fourth-order valence-electron chi connectivity index (χ4n) is 5.04. The Labute approximate surface area is 202 Å². The molecule has 1 fully saturated rings. The molecular formula is C29H35FN2O2. The Morgan fingerprint density at radius 1 is 1.09 bits per heavy atom. The van der Waals surface area contributed by atoms with Crippen LogP contribution < -0.4 is 0 Å². The summed E-state index contributed by atoms with van der Waals surface area (Å²) in [4.78, 5) is 17.8. The first kappa shape index (κ1) is 24.2. The molecule has 0 radical (unpaired) electrons. The van der Waals surface area contributed by atoms with E-state index in [-0.39, 0.29) is 23.6 Å². The molecule has 2 unspecified atom stereocenters. The largest absolute Gasteiger partial charge is 0.465 e. The van der Waals surface area contributed by atoms with Crippen molar-refractivity contribution in [1.82, 2.24) is 9.80 Å². The number of likely N-dealkylation sites (tertiary alicyclic amines) is 1. The van der Waals surface area contributed by atoms with Gasteiger partial charge in [-0.1, -0.05) is 44.2 Å². The molecule has 180 valence electrons. The van der Waals surface area contributed by atoms with Crippen LogP contribution in [0.2, 0.25) is 0 Å². The van der Waals surface area contributed by atoms with Gasteiger partial charge < -0.3 is 9.32 Å². The fraction of sp³-hybridized carbons (Fsp3) is 0.414. The van der Waals surface area contributed by atoms with E-state index in [1.54, 1.807) is 0 Å². The molecule has 1 aliphatic rings. The maximum Gasteiger partial charge on any atom is 0.253 e. The Balaban J connectivity index is 1.57. The number of hydrogen-bond donors (Lipinski definition) is 0. The maximum absolute atomic E-state index is 13.6. The summed E-state index contributed by atoms with van der Waals surface area (Å²) < 4.78 is 19.6. The van der Waals surface area contributed by atoms with Crippen LogP contribution in [0.4, 0.5) is 4.39 Å². The third-order valence-corrected chi connectivity index (χ3v) is 6.76. The molecule has 0 bridgehead atoms. The molecule has 34 heavy (non-hydrogen) atoms. The quantitative estimate of drug-likeness (QED) is 0.409. The number of hydrogen-bond acceptors (Lipinski definition) is 3. The summed E-state index contributed by atoms with van der Waals surface area (Å²) in [6.07, 6.45) is 0. The first-order chi connectivity index (χ1) is 16.3. The van der Waals surface area contributed by atoms with Gasteiger partial charge in [0.1, 0.15) is 17.3 Å². The fourth-order valence-corrected chi connectivity index (χ4v) is 5.04. The molecule has 5 heteroatoms. The number of rotatable bonds is 8. The van der Waals surface area contributed by atoms with E-state index in [1.807, 2.05) is 54.3 Å². The van der Waals surface area contributed by atoms with Crippen LogP contribution in [0.5, 0.6) is 0 Å². The Hall–Kier alpha value is -2.92. The molecule has 4 rings (SSSR count). The third-order valence-electron chi connectivity index (χ3n) is 6.76. The number of nitrogens with zero attached hydrogens (tertiary/aromatic N) is 2. The Kier molecular flexibility index (Phi) is 7.52. The van der Waals surface area contributed by atoms with Crippen LogP contribution >= 0.6 is 0 Å². The second-order valence-electron chi connectivity index (χ2n) is 10.0. The zero-order valence-corrected chi connectivity index (χ0v) is 20.6. The van der Waals surface area contributed by atoms with Crippen LogP contribution in [0.25, 0.3) is 0 Å². The minimum atomic E-state index is -0.225. The maximum atomic E-state index is 13.6. The minimum Gasteiger partial charge on any atom is -0.465 e. The van der Waals surface area contributed by atoms with E-state index in [0.717, 1.165) is 47.8 Å². The number of halogens is 1. The lowest BCUT2D eigenvalue weighted by atomic mass is 9.88. The number of aryl methyl sites for hydroxylation is 2. The van der Waals surface area contributed by atoms with Crippen LogP contribution in [0.1, 0.15) is 52.8 Å². The molecule has 0 N–H and O–H groups in total. The van der Waals surface area contributed by atoms with Gasteiger partial charge in [0.25, 0.3) is 5.91 Å². The highest BCUT2D eigenvalue weighted by atomic mass is 19.1. The van der Waals surface area contributed by atoms with Gasteiger partial charge in [0, 0.05) is 37.7 Å². The summed E-state index contributed by atoms with van der Waals surface area (Å²) in [6, 6.07) is 18.5. The predicted octanol–water partition coefficient (Wildman–Crippen LogP) is 6.05. The van der Waals surface area contributed by atoms with Crippen molar-refractivity contribution in [2.24, 2.45) is 11.8 Å². The molecule has 3 aromatic rings. The van der Waals surface area contributed by atoms with Gasteiger partial charge in [-0.25, -0.2) is 4.39 Å². The van der Waals surface area contributed by atoms with Crippen molar-refractivity contribution in [3.8, 4) is 0 Å². The molecule has 2 aromatic carbocycles. The number of carbonyl (C=O) groups is 1. The summed E-state index contributed by atoms with van der Waals surface area (Å²) in [5.41, 5.74) is 3.01. The molecular weight excluding hydrogens is 427 g/mol. The number of amides is 1. The number of carbonyl (C=O) groups excluding carboxylic acids is 1. The standard InChI is InChI=1S/C29H35FN2O2/c1-20(2)15-32(29(33)24-8-6-5-7-9-24)17-25-16-31(18-27-14-21(3)22(4)34-27)19-28(25)23-10-12-26(30)13-11-23/h5-14,20,25,28H,15-19H2,1-4H3. The van der Waals surface area contributed by atoms with E-state index in [9.17, 15) is 9.18 Å². The number of furan rings is 1. The number of benzene rings is 2. The zero-order chi connectivity index (χ0) is 24.2. The summed E-state index contributed by atoms with van der Waals surface area (Å²) in [5, 5.41) is 0. The molecule has 0 aliphatic carbocycles. The van der Waals surface area contributed by atoms with Crippen molar-refractivity contribution in [2.45, 2.75) is 40.2 Å². The van der Waals surface area contributed by atoms with Crippen molar-refractivity contribution in [3.63, 3.8) is 0 Å². The SMILES string of the molecule is Cc1cc(CN2CC(CN(CC(C)C)C(=O)c3ccccc3)C(c3ccc(F)cc3)C2)oc1C. The third kappa shape index (κ3) is 5.76. The Bertz CT molecular complexity index is 1070. The van der Waals surface area contributed by atoms with Gasteiger partial charge in [-0.3, -0.25) is 9.69 Å². The van der Waals surface area contributed by atoms with Crippen LogP contribution in [-0.4, -0.2) is 41.9 Å². The average Bonchev–Trinajstić information content (AvgIpc) is 3.35. The average molecular weight is 463 g/mol. The highest BCUT2D eigenvalue weighted by molar-refractivity contribution is 5.94. The molecule has 1 aromatic heterocycles. The smallest absolute Gasteiger partial charge is 0.253 e. The van der Waals surface area contributed by atoms with E-state index in [2.05, 4.69) is 31.7 Å². The highest BCUT2D eigenvalue weighted by Gasteiger charge is 2.36. The van der Waals surface area contributed by atoms with E-state index < -0.39 is 0 Å². The summed E-state index contributed by atoms with van der Waals surface area (Å²) >= 11 is 0. The lowest BCUT2D eigenvalue weighted by Gasteiger charge is -2.30. The van der Waals surface area contributed by atoms with Crippen LogP contribution in [0.15, 0.2) is 65.1 Å². The van der Waals surface area contributed by atoms with Crippen molar-refractivity contribution in [3.05, 3.63) is 94.7 Å². The van der Waals surface area contributed by atoms with E-state index in [0.29, 0.717) is 19.0 Å². The van der Waals surface area contributed by atoms with E-state index in [1.165, 1.54) is 12.1 Å². The van der Waals surface area contributed by atoms with E-state index in [4.69, 9.17) is 4.42 Å². The minimum absolute atomic E-state index is 0.0721. The molecule has 1 amide bonds. The van der Waals surface area contributed by atoms with E-state index >= 15 is 0 Å². The topological polar surface area (TPSA) is 36.7 Å². The second kappa shape index (κ2) is 10.6. The summed E-state index contributed by atoms with van der Waals surface area (Å²) in [6.45, 7) is 12.2. The molecule has 4 nitrogen and oxygen atoms in total. The van der Waals surface area contributed by atoms with Crippen molar-refractivity contribution in [1.29, 1.82) is 0 Å². The molecule has 1 aliphatic heterocycles. The molecule has 2 atom stereocenters. The van der Waals surface area contributed by atoms with Crippen LogP contribution in [-0.2, 0) is 6.54 Å². The molecule has 0 spiro atoms. The molecule has 2 heterocycles. The van der Waals surface area contributed by atoms with Crippen molar-refractivity contribution < 1.29 is 13.6 Å². The van der Waals surface area contributed by atoms with Gasteiger partial charge in [0.2, 0.25) is 0 Å². The summed E-state index contributed by atoms with van der Waals surface area (Å²) in [7, 11) is 0. The molecule has 0 saturated carbocycles. The van der Waals surface area contributed by atoms with Gasteiger partial charge in [-0.15, -0.1) is 0 Å². The monoisotopic (exact) mass is 462 g/mol. The second-order valence-corrected chi connectivity index (χ2v) is 10.0. The zero-order valence-electron chi connectivity index (χ0n) is 20.6. The molecule has 1 saturated heterocycles. The van der Waals surface area contributed by atoms with Crippen LogP contribution in [0, 0.1) is 31.5 Å². The lowest BCUT2D eigenvalue weighted by Crippen LogP contribution is -2.39. The first-order valence-corrected chi connectivity index (χ1v) is 12.2. The van der Waals surface area contributed by atoms with Crippen molar-refractivity contribution in [2.75, 3.05) is 26.2 Å². The predicted molar refractivity (Wildman–Crippen MR) is 133 cm³/mol. The normalized spacial score (nSPS) is 18.5. The van der Waals surface area contributed by atoms with Gasteiger partial charge in [0.15, 0.2) is 0 Å². The van der Waals surface area contributed by atoms with Gasteiger partial charge >= 0.3 is 0 Å². The lowest BCUT2D eigenvalue weighted by molar-refractivity contribution is 0.0703. The van der Waals surface area contributed by atoms with Crippen LogP contribution in [0.3, 0.4) is 0 Å². The van der Waals surface area contributed by atoms with Crippen molar-refractivity contribution >= 4 is 5.91 Å². The van der Waals surface area contributed by atoms with Gasteiger partial charge in [0.05, 0.1) is 6.54 Å². The van der Waals surface area contributed by atoms with Gasteiger partial charge in [-0.05, 0) is 67.1 Å². The summed E-state index contributed by atoms with van der Waals surface area (Å²) in [5.74, 6) is 2.60. The Morgan fingerprint density at radius 3 is 2.41 bits per heavy atom. The first-order valence-electron chi connectivity index (χ1n) is 12.2.